The number of benzene rings is 3. The predicted molar refractivity (Wildman–Crippen MR) is 150 cm³/mol. The van der Waals surface area contributed by atoms with Gasteiger partial charge in [-0.3, -0.25) is 4.79 Å². The summed E-state index contributed by atoms with van der Waals surface area (Å²) in [6.07, 6.45) is 2.52. The summed E-state index contributed by atoms with van der Waals surface area (Å²) in [4.78, 5) is 16.2. The summed E-state index contributed by atoms with van der Waals surface area (Å²) in [5.74, 6) is -0.649. The highest BCUT2D eigenvalue weighted by Gasteiger charge is 2.30. The maximum absolute atomic E-state index is 14.4. The first kappa shape index (κ1) is 27.1. The number of methoxy groups -OCH3 is 1. The van der Waals surface area contributed by atoms with Crippen LogP contribution in [-0.2, 0) is 26.0 Å². The summed E-state index contributed by atoms with van der Waals surface area (Å²) in [5.41, 5.74) is 3.61. The number of sulfonamides is 1. The molecule has 0 saturated carbocycles. The lowest BCUT2D eigenvalue weighted by Crippen LogP contribution is -2.47. The van der Waals surface area contributed by atoms with Crippen LogP contribution in [0.15, 0.2) is 71.6 Å². The van der Waals surface area contributed by atoms with Gasteiger partial charge in [-0.15, -0.1) is 0 Å². The fourth-order valence-electron chi connectivity index (χ4n) is 5.42. The number of ether oxygens (including phenoxy) is 1. The second-order valence-corrected chi connectivity index (χ2v) is 11.5. The number of fused-ring (bicyclic) bond motifs is 1. The van der Waals surface area contributed by atoms with Gasteiger partial charge in [-0.1, -0.05) is 36.4 Å². The van der Waals surface area contributed by atoms with E-state index in [0.717, 1.165) is 24.0 Å². The summed E-state index contributed by atoms with van der Waals surface area (Å²) in [6, 6.07) is 19.2. The Balaban J connectivity index is 1.43. The van der Waals surface area contributed by atoms with Crippen LogP contribution >= 0.6 is 0 Å². The van der Waals surface area contributed by atoms with Gasteiger partial charge >= 0.3 is 0 Å². The number of halogens is 1. The van der Waals surface area contributed by atoms with Gasteiger partial charge in [-0.25, -0.2) is 17.5 Å². The SMILES string of the molecule is COCC(=O)Nc1ccc(N2CCN(c3ccccc3F)CC2)c(S(=O)(=O)N[C@@H]2CCCc3ccccc32)c1. The Bertz CT molecular complexity index is 1440. The molecule has 10 heteroatoms. The van der Waals surface area contributed by atoms with Gasteiger partial charge in [0.05, 0.1) is 11.4 Å². The molecule has 5 rings (SSSR count). The molecule has 0 radical (unpaired) electrons. The number of nitrogens with zero attached hydrogens (tertiary/aromatic N) is 2. The molecule has 1 aliphatic carbocycles. The fourth-order valence-corrected chi connectivity index (χ4v) is 6.92. The highest BCUT2D eigenvalue weighted by molar-refractivity contribution is 7.89. The standard InChI is InChI=1S/C29H33FN4O4S/c1-38-20-29(35)31-22-13-14-27(34-17-15-33(16-18-34)26-12-5-4-10-24(26)30)28(19-22)39(36,37)32-25-11-6-8-21-7-2-3-9-23(21)25/h2-5,7,9-10,12-14,19,25,32H,6,8,11,15-18,20H2,1H3,(H,31,35)/t25-/m1/s1. The first-order valence-corrected chi connectivity index (χ1v) is 14.6. The highest BCUT2D eigenvalue weighted by Crippen LogP contribution is 2.34. The van der Waals surface area contributed by atoms with Crippen molar-refractivity contribution in [1.82, 2.24) is 4.72 Å². The van der Waals surface area contributed by atoms with Crippen LogP contribution in [0.2, 0.25) is 0 Å². The van der Waals surface area contributed by atoms with Crippen LogP contribution in [0.1, 0.15) is 30.0 Å². The van der Waals surface area contributed by atoms with Gasteiger partial charge in [0.1, 0.15) is 17.3 Å². The minimum Gasteiger partial charge on any atom is -0.375 e. The number of anilines is 3. The normalized spacial score (nSPS) is 17.5. The molecule has 3 aromatic rings. The number of rotatable bonds is 8. The molecule has 39 heavy (non-hydrogen) atoms. The molecule has 3 aromatic carbocycles. The Hall–Kier alpha value is -3.47. The van der Waals surface area contributed by atoms with Crippen LogP contribution < -0.4 is 19.8 Å². The number of aryl methyl sites for hydroxylation is 1. The molecule has 1 fully saturated rings. The van der Waals surface area contributed by atoms with E-state index in [1.807, 2.05) is 34.1 Å². The molecule has 0 aromatic heterocycles. The molecular formula is C29H33FN4O4S. The van der Waals surface area contributed by atoms with Gasteiger partial charge in [0.25, 0.3) is 0 Å². The maximum Gasteiger partial charge on any atom is 0.250 e. The lowest BCUT2D eigenvalue weighted by atomic mass is 9.88. The van der Waals surface area contributed by atoms with Gasteiger partial charge in [-0.2, -0.15) is 0 Å². The van der Waals surface area contributed by atoms with Crippen molar-refractivity contribution in [3.8, 4) is 0 Å². The van der Waals surface area contributed by atoms with Crippen LogP contribution in [0.3, 0.4) is 0 Å². The Morgan fingerprint density at radius 3 is 2.41 bits per heavy atom. The predicted octanol–water partition coefficient (Wildman–Crippen LogP) is 4.09. The van der Waals surface area contributed by atoms with Gasteiger partial charge in [-0.05, 0) is 60.7 Å². The van der Waals surface area contributed by atoms with Crippen LogP contribution in [0.4, 0.5) is 21.5 Å². The molecule has 0 unspecified atom stereocenters. The molecule has 0 spiro atoms. The highest BCUT2D eigenvalue weighted by atomic mass is 32.2. The minimum absolute atomic E-state index is 0.0973. The topological polar surface area (TPSA) is 91.0 Å². The number of para-hydroxylation sites is 1. The lowest BCUT2D eigenvalue weighted by Gasteiger charge is -2.38. The summed E-state index contributed by atoms with van der Waals surface area (Å²) in [7, 11) is -2.55. The number of piperazine rings is 1. The van der Waals surface area contributed by atoms with E-state index in [9.17, 15) is 17.6 Å². The van der Waals surface area contributed by atoms with Crippen molar-refractivity contribution in [2.75, 3.05) is 55.0 Å². The quantitative estimate of drug-likeness (QED) is 0.438. The van der Waals surface area contributed by atoms with Crippen LogP contribution in [-0.4, -0.2) is 54.2 Å². The molecule has 1 aliphatic heterocycles. The third-order valence-corrected chi connectivity index (χ3v) is 8.79. The zero-order chi connectivity index (χ0) is 27.4. The van der Waals surface area contributed by atoms with E-state index in [2.05, 4.69) is 10.0 Å². The van der Waals surface area contributed by atoms with Crippen molar-refractivity contribution in [1.29, 1.82) is 0 Å². The van der Waals surface area contributed by atoms with Gasteiger partial charge in [0.2, 0.25) is 15.9 Å². The third kappa shape index (κ3) is 6.08. The van der Waals surface area contributed by atoms with Crippen LogP contribution in [0.25, 0.3) is 0 Å². The fraction of sp³-hybridized carbons (Fsp3) is 0.345. The van der Waals surface area contributed by atoms with Crippen molar-refractivity contribution in [3.63, 3.8) is 0 Å². The Kier molecular flexibility index (Phi) is 8.15. The molecule has 1 atom stereocenters. The van der Waals surface area contributed by atoms with Crippen molar-refractivity contribution in [2.45, 2.75) is 30.2 Å². The van der Waals surface area contributed by atoms with Crippen molar-refractivity contribution in [3.05, 3.63) is 83.7 Å². The summed E-state index contributed by atoms with van der Waals surface area (Å²) in [6.45, 7) is 1.96. The Labute approximate surface area is 228 Å². The van der Waals surface area contributed by atoms with Crippen LogP contribution in [0.5, 0.6) is 0 Å². The van der Waals surface area contributed by atoms with E-state index in [0.29, 0.717) is 49.7 Å². The van der Waals surface area contributed by atoms with Crippen LogP contribution in [0, 0.1) is 5.82 Å². The molecule has 8 nitrogen and oxygen atoms in total. The van der Waals surface area contributed by atoms with Gasteiger partial charge < -0.3 is 19.9 Å². The molecule has 2 aliphatic rings. The second-order valence-electron chi connectivity index (χ2n) is 9.85. The van der Waals surface area contributed by atoms with E-state index in [1.165, 1.54) is 19.2 Å². The third-order valence-electron chi connectivity index (χ3n) is 7.29. The smallest absolute Gasteiger partial charge is 0.250 e. The zero-order valence-electron chi connectivity index (χ0n) is 21.9. The van der Waals surface area contributed by atoms with E-state index in [1.54, 1.807) is 30.3 Å². The number of nitrogens with one attached hydrogen (secondary N) is 2. The Morgan fingerprint density at radius 2 is 1.67 bits per heavy atom. The molecule has 206 valence electrons. The van der Waals surface area contributed by atoms with Gasteiger partial charge in [0.15, 0.2) is 0 Å². The molecule has 1 saturated heterocycles. The number of hydrogen-bond acceptors (Lipinski definition) is 6. The number of carbonyl (C=O) groups excluding carboxylic acids is 1. The Morgan fingerprint density at radius 1 is 0.974 bits per heavy atom. The van der Waals surface area contributed by atoms with E-state index in [4.69, 9.17) is 4.74 Å². The van der Waals surface area contributed by atoms with E-state index in [-0.39, 0.29) is 29.3 Å². The average Bonchev–Trinajstić information content (AvgIpc) is 2.94. The first-order chi connectivity index (χ1) is 18.9. The number of hydrogen-bond donors (Lipinski definition) is 2. The molecular weight excluding hydrogens is 519 g/mol. The minimum atomic E-state index is -3.97. The largest absolute Gasteiger partial charge is 0.375 e. The molecule has 1 heterocycles. The van der Waals surface area contributed by atoms with Crippen molar-refractivity contribution in [2.24, 2.45) is 0 Å². The molecule has 2 N–H and O–H groups in total. The van der Waals surface area contributed by atoms with E-state index < -0.39 is 10.0 Å². The van der Waals surface area contributed by atoms with Crippen molar-refractivity contribution < 1.29 is 22.3 Å². The average molecular weight is 553 g/mol. The number of carbonyl (C=O) groups is 1. The molecule has 0 bridgehead atoms. The van der Waals surface area contributed by atoms with Gasteiger partial charge in [0, 0.05) is 45.0 Å². The van der Waals surface area contributed by atoms with E-state index >= 15 is 0 Å². The van der Waals surface area contributed by atoms with Crippen molar-refractivity contribution >= 4 is 33.0 Å². The monoisotopic (exact) mass is 552 g/mol. The first-order valence-electron chi connectivity index (χ1n) is 13.1. The summed E-state index contributed by atoms with van der Waals surface area (Å²) in [5, 5.41) is 2.71. The maximum atomic E-state index is 14.4. The second kappa shape index (κ2) is 11.7. The molecule has 1 amide bonds. The lowest BCUT2D eigenvalue weighted by molar-refractivity contribution is -0.119. The zero-order valence-corrected chi connectivity index (χ0v) is 22.7. The summed E-state index contributed by atoms with van der Waals surface area (Å²) >= 11 is 0. The number of amides is 1. The summed E-state index contributed by atoms with van der Waals surface area (Å²) < 4.78 is 50.1.